The van der Waals surface area contributed by atoms with Crippen molar-refractivity contribution < 1.29 is 19.1 Å². The average molecular weight is 387 g/mol. The number of fused-ring (bicyclic) bond motifs is 1. The molecule has 1 saturated heterocycles. The lowest BCUT2D eigenvalue weighted by Gasteiger charge is -2.33. The first-order valence-corrected chi connectivity index (χ1v) is 10.2. The quantitative estimate of drug-likeness (QED) is 0.814. The minimum Gasteiger partial charge on any atom is -0.482 e. The van der Waals surface area contributed by atoms with Crippen LogP contribution in [-0.4, -0.2) is 48.9 Å². The zero-order valence-corrected chi connectivity index (χ0v) is 16.7. The molecule has 0 unspecified atom stereocenters. The van der Waals surface area contributed by atoms with Crippen molar-refractivity contribution in [1.29, 1.82) is 0 Å². The molecular formula is C21H29N3O4. The molecule has 1 N–H and O–H groups in total. The Morgan fingerprint density at radius 1 is 1.14 bits per heavy atom. The van der Waals surface area contributed by atoms with E-state index in [0.717, 1.165) is 45.2 Å². The molecule has 0 radical (unpaired) electrons. The maximum absolute atomic E-state index is 12.7. The van der Waals surface area contributed by atoms with Crippen molar-refractivity contribution in [2.45, 2.75) is 46.0 Å². The molecular weight excluding hydrogens is 358 g/mol. The molecule has 2 aliphatic heterocycles. The molecule has 0 bridgehead atoms. The van der Waals surface area contributed by atoms with E-state index in [4.69, 9.17) is 4.74 Å². The van der Waals surface area contributed by atoms with Crippen LogP contribution in [0.5, 0.6) is 5.75 Å². The van der Waals surface area contributed by atoms with E-state index < -0.39 is 0 Å². The number of benzene rings is 1. The SMILES string of the molecule is CCC(CC)C(=O)Nc1ccc2c(c1)N(CC(=O)N1CCCCC1)C(=O)CO2. The van der Waals surface area contributed by atoms with E-state index in [0.29, 0.717) is 17.1 Å². The number of anilines is 2. The smallest absolute Gasteiger partial charge is 0.265 e. The van der Waals surface area contributed by atoms with Crippen LogP contribution >= 0.6 is 0 Å². The number of ether oxygens (including phenoxy) is 1. The van der Waals surface area contributed by atoms with Crippen LogP contribution < -0.4 is 15.0 Å². The van der Waals surface area contributed by atoms with Gasteiger partial charge in [0.25, 0.3) is 5.91 Å². The Kier molecular flexibility index (Phi) is 6.54. The molecule has 1 fully saturated rings. The summed E-state index contributed by atoms with van der Waals surface area (Å²) in [7, 11) is 0. The Morgan fingerprint density at radius 2 is 1.86 bits per heavy atom. The van der Waals surface area contributed by atoms with Crippen molar-refractivity contribution in [3.63, 3.8) is 0 Å². The summed E-state index contributed by atoms with van der Waals surface area (Å²) in [6.45, 7) is 5.38. The van der Waals surface area contributed by atoms with Gasteiger partial charge in [0.15, 0.2) is 6.61 Å². The van der Waals surface area contributed by atoms with E-state index in [2.05, 4.69) is 5.32 Å². The van der Waals surface area contributed by atoms with Crippen LogP contribution in [0.15, 0.2) is 18.2 Å². The summed E-state index contributed by atoms with van der Waals surface area (Å²) in [6.07, 6.45) is 4.69. The fraction of sp³-hybridized carbons (Fsp3) is 0.571. The number of likely N-dealkylation sites (tertiary alicyclic amines) is 1. The number of amides is 3. The topological polar surface area (TPSA) is 79.0 Å². The Labute approximate surface area is 166 Å². The third-order valence-electron chi connectivity index (χ3n) is 5.53. The molecule has 7 nitrogen and oxygen atoms in total. The average Bonchev–Trinajstić information content (AvgIpc) is 2.71. The molecule has 1 aromatic rings. The van der Waals surface area contributed by atoms with Crippen LogP contribution in [0.25, 0.3) is 0 Å². The number of carbonyl (C=O) groups is 3. The summed E-state index contributed by atoms with van der Waals surface area (Å²) in [5.41, 5.74) is 1.13. The highest BCUT2D eigenvalue weighted by Gasteiger charge is 2.30. The highest BCUT2D eigenvalue weighted by Crippen LogP contribution is 2.35. The summed E-state index contributed by atoms with van der Waals surface area (Å²) in [5.74, 6) is 0.162. The van der Waals surface area contributed by atoms with Gasteiger partial charge in [-0.15, -0.1) is 0 Å². The second-order valence-electron chi connectivity index (χ2n) is 7.40. The molecule has 1 aromatic carbocycles. The molecule has 2 aliphatic rings. The Balaban J connectivity index is 1.77. The number of carbonyl (C=O) groups excluding carboxylic acids is 3. The zero-order valence-electron chi connectivity index (χ0n) is 16.7. The lowest BCUT2D eigenvalue weighted by molar-refractivity contribution is -0.132. The molecule has 3 amide bonds. The first-order valence-electron chi connectivity index (χ1n) is 10.2. The Bertz CT molecular complexity index is 739. The van der Waals surface area contributed by atoms with E-state index in [1.54, 1.807) is 18.2 Å². The number of piperidine rings is 1. The molecule has 28 heavy (non-hydrogen) atoms. The maximum Gasteiger partial charge on any atom is 0.265 e. The lowest BCUT2D eigenvalue weighted by atomic mass is 10.0. The van der Waals surface area contributed by atoms with Gasteiger partial charge < -0.3 is 15.0 Å². The van der Waals surface area contributed by atoms with E-state index in [-0.39, 0.29) is 36.8 Å². The van der Waals surface area contributed by atoms with Gasteiger partial charge in [0, 0.05) is 24.7 Å². The van der Waals surface area contributed by atoms with Crippen LogP contribution in [0.2, 0.25) is 0 Å². The summed E-state index contributed by atoms with van der Waals surface area (Å²) in [4.78, 5) is 40.8. The largest absolute Gasteiger partial charge is 0.482 e. The summed E-state index contributed by atoms with van der Waals surface area (Å²) >= 11 is 0. The van der Waals surface area contributed by atoms with Gasteiger partial charge in [-0.3, -0.25) is 19.3 Å². The third kappa shape index (κ3) is 4.46. The maximum atomic E-state index is 12.7. The molecule has 0 atom stereocenters. The number of nitrogens with zero attached hydrogens (tertiary/aromatic N) is 2. The predicted molar refractivity (Wildman–Crippen MR) is 107 cm³/mol. The van der Waals surface area contributed by atoms with Gasteiger partial charge in [-0.2, -0.15) is 0 Å². The monoisotopic (exact) mass is 387 g/mol. The van der Waals surface area contributed by atoms with Crippen molar-refractivity contribution in [2.24, 2.45) is 5.92 Å². The minimum atomic E-state index is -0.249. The van der Waals surface area contributed by atoms with Gasteiger partial charge in [0.1, 0.15) is 12.3 Å². The fourth-order valence-corrected chi connectivity index (χ4v) is 3.74. The van der Waals surface area contributed by atoms with Crippen LogP contribution in [0.1, 0.15) is 46.0 Å². The van der Waals surface area contributed by atoms with Gasteiger partial charge in [0.2, 0.25) is 11.8 Å². The summed E-state index contributed by atoms with van der Waals surface area (Å²) in [5, 5.41) is 2.92. The van der Waals surface area contributed by atoms with Gasteiger partial charge in [-0.25, -0.2) is 0 Å². The molecule has 2 heterocycles. The normalized spacial score (nSPS) is 16.6. The van der Waals surface area contributed by atoms with E-state index in [1.807, 2.05) is 18.7 Å². The zero-order chi connectivity index (χ0) is 20.1. The van der Waals surface area contributed by atoms with Crippen LogP contribution in [-0.2, 0) is 14.4 Å². The summed E-state index contributed by atoms with van der Waals surface area (Å²) < 4.78 is 5.51. The fourth-order valence-electron chi connectivity index (χ4n) is 3.74. The third-order valence-corrected chi connectivity index (χ3v) is 5.53. The number of nitrogens with one attached hydrogen (secondary N) is 1. The first kappa shape index (κ1) is 20.2. The molecule has 0 aromatic heterocycles. The molecule has 152 valence electrons. The lowest BCUT2D eigenvalue weighted by Crippen LogP contribution is -2.47. The highest BCUT2D eigenvalue weighted by molar-refractivity contribution is 6.03. The van der Waals surface area contributed by atoms with Gasteiger partial charge in [-0.05, 0) is 50.3 Å². The molecule has 0 saturated carbocycles. The van der Waals surface area contributed by atoms with Crippen molar-refractivity contribution in [3.05, 3.63) is 18.2 Å². The molecule has 3 rings (SSSR count). The standard InChI is InChI=1S/C21H29N3O4/c1-3-15(4-2)21(27)22-16-8-9-18-17(12-16)24(20(26)14-28-18)13-19(25)23-10-6-5-7-11-23/h8-9,12,15H,3-7,10-11,13-14H2,1-2H3,(H,22,27). The van der Waals surface area contributed by atoms with E-state index >= 15 is 0 Å². The number of hydrogen-bond donors (Lipinski definition) is 1. The van der Waals surface area contributed by atoms with Crippen molar-refractivity contribution >= 4 is 29.1 Å². The van der Waals surface area contributed by atoms with Crippen molar-refractivity contribution in [2.75, 3.05) is 36.5 Å². The second kappa shape index (κ2) is 9.08. The van der Waals surface area contributed by atoms with Crippen LogP contribution in [0, 0.1) is 5.92 Å². The number of hydrogen-bond acceptors (Lipinski definition) is 4. The predicted octanol–water partition coefficient (Wildman–Crippen LogP) is 2.80. The minimum absolute atomic E-state index is 0.000855. The van der Waals surface area contributed by atoms with E-state index in [1.165, 1.54) is 4.90 Å². The van der Waals surface area contributed by atoms with Gasteiger partial charge in [-0.1, -0.05) is 13.8 Å². The van der Waals surface area contributed by atoms with Crippen LogP contribution in [0.3, 0.4) is 0 Å². The van der Waals surface area contributed by atoms with Gasteiger partial charge >= 0.3 is 0 Å². The van der Waals surface area contributed by atoms with Crippen molar-refractivity contribution in [1.82, 2.24) is 4.90 Å². The van der Waals surface area contributed by atoms with E-state index in [9.17, 15) is 14.4 Å². The molecule has 0 spiro atoms. The van der Waals surface area contributed by atoms with Crippen LogP contribution in [0.4, 0.5) is 11.4 Å². The first-order chi connectivity index (χ1) is 13.5. The molecule has 0 aliphatic carbocycles. The number of rotatable bonds is 6. The highest BCUT2D eigenvalue weighted by atomic mass is 16.5. The Morgan fingerprint density at radius 3 is 2.54 bits per heavy atom. The Hall–Kier alpha value is -2.57. The summed E-state index contributed by atoms with van der Waals surface area (Å²) in [6, 6.07) is 5.22. The van der Waals surface area contributed by atoms with Crippen molar-refractivity contribution in [3.8, 4) is 5.75 Å². The molecule has 7 heteroatoms. The van der Waals surface area contributed by atoms with Gasteiger partial charge in [0.05, 0.1) is 5.69 Å². The second-order valence-corrected chi connectivity index (χ2v) is 7.40.